The van der Waals surface area contributed by atoms with E-state index in [1.165, 1.54) is 0 Å². The molecule has 136 valence electrons. The molecule has 2 aromatic heterocycles. The Balaban J connectivity index is 1.55. The molecule has 0 unspecified atom stereocenters. The van der Waals surface area contributed by atoms with E-state index in [0.717, 1.165) is 43.1 Å². The molecule has 0 radical (unpaired) electrons. The Kier molecular flexibility index (Phi) is 4.55. The molecule has 0 atom stereocenters. The Bertz CT molecular complexity index is 968. The maximum Gasteiger partial charge on any atom is 0.261 e. The maximum atomic E-state index is 12.7. The molecule has 7 heteroatoms. The smallest absolute Gasteiger partial charge is 0.261 e. The third-order valence-corrected chi connectivity index (χ3v) is 5.15. The first kappa shape index (κ1) is 16.9. The molecule has 0 aliphatic carbocycles. The monoisotopic (exact) mass is 352 g/mol. The van der Waals surface area contributed by atoms with Crippen LogP contribution in [0.25, 0.3) is 10.9 Å². The Labute approximate surface area is 152 Å². The van der Waals surface area contributed by atoms with Crippen molar-refractivity contribution in [1.82, 2.24) is 29.2 Å². The molecule has 1 aromatic carbocycles. The quantitative estimate of drug-likeness (QED) is 0.716. The van der Waals surface area contributed by atoms with Crippen LogP contribution in [0, 0.1) is 6.92 Å². The largest absolute Gasteiger partial charge is 0.306 e. The van der Waals surface area contributed by atoms with E-state index in [4.69, 9.17) is 0 Å². The van der Waals surface area contributed by atoms with Gasteiger partial charge in [-0.05, 0) is 52.0 Å². The van der Waals surface area contributed by atoms with E-state index in [0.29, 0.717) is 24.4 Å². The molecule has 1 saturated heterocycles. The number of rotatable bonds is 4. The van der Waals surface area contributed by atoms with Crippen LogP contribution in [0.15, 0.2) is 35.4 Å². The molecule has 0 N–H and O–H groups in total. The first-order chi connectivity index (χ1) is 12.6. The Hall–Kier alpha value is -2.54. The minimum absolute atomic E-state index is 0.00215. The van der Waals surface area contributed by atoms with Gasteiger partial charge in [0.05, 0.1) is 23.3 Å². The predicted molar refractivity (Wildman–Crippen MR) is 100 cm³/mol. The van der Waals surface area contributed by atoms with Gasteiger partial charge in [-0.1, -0.05) is 12.1 Å². The van der Waals surface area contributed by atoms with Crippen molar-refractivity contribution in [1.29, 1.82) is 0 Å². The molecule has 3 aromatic rings. The van der Waals surface area contributed by atoms with Crippen LogP contribution >= 0.6 is 0 Å². The Morgan fingerprint density at radius 3 is 2.77 bits per heavy atom. The SMILES string of the molecule is Cc1nc(CCn2cnc3ccccc3c2=O)n(C2CCN(C)CC2)n1. The van der Waals surface area contributed by atoms with E-state index in [1.807, 2.05) is 31.2 Å². The van der Waals surface area contributed by atoms with Crippen molar-refractivity contribution >= 4 is 10.9 Å². The van der Waals surface area contributed by atoms with Crippen molar-refractivity contribution in [3.05, 3.63) is 52.6 Å². The highest BCUT2D eigenvalue weighted by atomic mass is 16.1. The Morgan fingerprint density at radius 2 is 1.96 bits per heavy atom. The van der Waals surface area contributed by atoms with E-state index in [1.54, 1.807) is 10.9 Å². The summed E-state index contributed by atoms with van der Waals surface area (Å²) in [6.45, 7) is 4.65. The molecule has 0 spiro atoms. The topological polar surface area (TPSA) is 68.8 Å². The van der Waals surface area contributed by atoms with Gasteiger partial charge < -0.3 is 4.90 Å². The number of hydrogen-bond acceptors (Lipinski definition) is 5. The van der Waals surface area contributed by atoms with Crippen molar-refractivity contribution < 1.29 is 0 Å². The number of nitrogens with zero attached hydrogens (tertiary/aromatic N) is 6. The second-order valence-electron chi connectivity index (χ2n) is 7.06. The fraction of sp³-hybridized carbons (Fsp3) is 0.474. The van der Waals surface area contributed by atoms with E-state index >= 15 is 0 Å². The Morgan fingerprint density at radius 1 is 1.19 bits per heavy atom. The minimum atomic E-state index is -0.00215. The molecular weight excluding hydrogens is 328 g/mol. The molecule has 4 rings (SSSR count). The molecular formula is C19H24N6O. The van der Waals surface area contributed by atoms with Crippen LogP contribution in [0.1, 0.15) is 30.5 Å². The van der Waals surface area contributed by atoms with Gasteiger partial charge in [-0.3, -0.25) is 9.36 Å². The number of hydrogen-bond donors (Lipinski definition) is 0. The summed E-state index contributed by atoms with van der Waals surface area (Å²) in [6, 6.07) is 7.85. The summed E-state index contributed by atoms with van der Waals surface area (Å²) >= 11 is 0. The molecule has 1 aliphatic rings. The molecule has 1 fully saturated rings. The number of piperidine rings is 1. The van der Waals surface area contributed by atoms with Gasteiger partial charge in [-0.15, -0.1) is 0 Å². The average Bonchev–Trinajstić information content (AvgIpc) is 3.03. The summed E-state index contributed by atoms with van der Waals surface area (Å²) < 4.78 is 3.76. The summed E-state index contributed by atoms with van der Waals surface area (Å²) in [5.41, 5.74) is 0.733. The summed E-state index contributed by atoms with van der Waals surface area (Å²) in [6.07, 6.45) is 4.48. The van der Waals surface area contributed by atoms with Crippen molar-refractivity contribution in [3.63, 3.8) is 0 Å². The lowest BCUT2D eigenvalue weighted by atomic mass is 10.1. The van der Waals surface area contributed by atoms with E-state index in [-0.39, 0.29) is 5.56 Å². The number of benzene rings is 1. The third-order valence-electron chi connectivity index (χ3n) is 5.15. The van der Waals surface area contributed by atoms with E-state index in [2.05, 4.69) is 31.7 Å². The van der Waals surface area contributed by atoms with Crippen LogP contribution in [0.5, 0.6) is 0 Å². The lowest BCUT2D eigenvalue weighted by molar-refractivity contribution is 0.209. The highest BCUT2D eigenvalue weighted by Crippen LogP contribution is 2.22. The van der Waals surface area contributed by atoms with Gasteiger partial charge in [0.15, 0.2) is 0 Å². The van der Waals surface area contributed by atoms with Crippen molar-refractivity contribution in [3.8, 4) is 0 Å². The molecule has 0 amide bonds. The van der Waals surface area contributed by atoms with Crippen LogP contribution in [0.4, 0.5) is 0 Å². The van der Waals surface area contributed by atoms with E-state index in [9.17, 15) is 4.79 Å². The van der Waals surface area contributed by atoms with Crippen LogP contribution in [0.2, 0.25) is 0 Å². The highest BCUT2D eigenvalue weighted by molar-refractivity contribution is 5.76. The number of fused-ring (bicyclic) bond motifs is 1. The van der Waals surface area contributed by atoms with Crippen LogP contribution < -0.4 is 5.56 Å². The number of para-hydroxylation sites is 1. The second kappa shape index (κ2) is 6.99. The zero-order chi connectivity index (χ0) is 18.1. The zero-order valence-corrected chi connectivity index (χ0v) is 15.3. The molecule has 0 saturated carbocycles. The van der Waals surface area contributed by atoms with Crippen LogP contribution in [-0.4, -0.2) is 49.4 Å². The number of aryl methyl sites for hydroxylation is 3. The van der Waals surface area contributed by atoms with Gasteiger partial charge in [0, 0.05) is 13.0 Å². The van der Waals surface area contributed by atoms with Crippen molar-refractivity contribution in [2.24, 2.45) is 0 Å². The lowest BCUT2D eigenvalue weighted by Gasteiger charge is -2.29. The maximum absolute atomic E-state index is 12.7. The molecule has 3 heterocycles. The fourth-order valence-electron chi connectivity index (χ4n) is 3.66. The predicted octanol–water partition coefficient (Wildman–Crippen LogP) is 1.81. The third kappa shape index (κ3) is 3.26. The van der Waals surface area contributed by atoms with E-state index < -0.39 is 0 Å². The van der Waals surface area contributed by atoms with Crippen LogP contribution in [-0.2, 0) is 13.0 Å². The zero-order valence-electron chi connectivity index (χ0n) is 15.3. The van der Waals surface area contributed by atoms with Gasteiger partial charge in [0.2, 0.25) is 0 Å². The van der Waals surface area contributed by atoms with Crippen LogP contribution in [0.3, 0.4) is 0 Å². The fourth-order valence-corrected chi connectivity index (χ4v) is 3.66. The summed E-state index contributed by atoms with van der Waals surface area (Å²) in [5.74, 6) is 1.75. The molecule has 7 nitrogen and oxygen atoms in total. The molecule has 0 bridgehead atoms. The lowest BCUT2D eigenvalue weighted by Crippen LogP contribution is -2.32. The number of aromatic nitrogens is 5. The van der Waals surface area contributed by atoms with Crippen molar-refractivity contribution in [2.75, 3.05) is 20.1 Å². The highest BCUT2D eigenvalue weighted by Gasteiger charge is 2.22. The summed E-state index contributed by atoms with van der Waals surface area (Å²) in [7, 11) is 2.16. The number of likely N-dealkylation sites (tertiary alicyclic amines) is 1. The second-order valence-corrected chi connectivity index (χ2v) is 7.06. The molecule has 1 aliphatic heterocycles. The van der Waals surface area contributed by atoms with Gasteiger partial charge >= 0.3 is 0 Å². The standard InChI is InChI=1S/C19H24N6O/c1-14-21-18(25(22-14)15-7-10-23(2)11-8-15)9-12-24-13-20-17-6-4-3-5-16(17)19(24)26/h3-6,13,15H,7-12H2,1-2H3. The summed E-state index contributed by atoms with van der Waals surface area (Å²) in [4.78, 5) is 24.0. The van der Waals surface area contributed by atoms with Gasteiger partial charge in [0.1, 0.15) is 11.6 Å². The first-order valence-corrected chi connectivity index (χ1v) is 9.16. The minimum Gasteiger partial charge on any atom is -0.306 e. The van der Waals surface area contributed by atoms with Crippen molar-refractivity contribution in [2.45, 2.75) is 38.8 Å². The first-order valence-electron chi connectivity index (χ1n) is 9.16. The van der Waals surface area contributed by atoms with Gasteiger partial charge in [-0.25, -0.2) is 14.6 Å². The van der Waals surface area contributed by atoms with Gasteiger partial charge in [-0.2, -0.15) is 5.10 Å². The summed E-state index contributed by atoms with van der Waals surface area (Å²) in [5, 5.41) is 5.28. The molecule has 26 heavy (non-hydrogen) atoms. The van der Waals surface area contributed by atoms with Gasteiger partial charge in [0.25, 0.3) is 5.56 Å². The normalized spacial score (nSPS) is 16.4. The average molecular weight is 352 g/mol.